The topological polar surface area (TPSA) is 8.81 Å². The minimum atomic E-state index is 1.18. The van der Waals surface area contributed by atoms with Gasteiger partial charge in [0.2, 0.25) is 0 Å². The molecule has 0 radical (unpaired) electrons. The van der Waals surface area contributed by atoms with Crippen molar-refractivity contribution in [2.24, 2.45) is 0 Å². The van der Waals surface area contributed by atoms with Crippen LogP contribution in [0.2, 0.25) is 0 Å². The van der Waals surface area contributed by atoms with Gasteiger partial charge in [-0.1, -0.05) is 207 Å². The molecule has 1 aromatic heterocycles. The summed E-state index contributed by atoms with van der Waals surface area (Å²) in [5.74, 6) is 1.60. The number of hydrogen-bond acceptors (Lipinski definition) is 0. The van der Waals surface area contributed by atoms with Crippen molar-refractivity contribution in [3.8, 4) is 0 Å². The summed E-state index contributed by atoms with van der Waals surface area (Å²) in [7, 11) is 0. The van der Waals surface area contributed by atoms with Crippen molar-refractivity contribution >= 4 is 0 Å². The molecule has 0 unspecified atom stereocenters. The summed E-state index contributed by atoms with van der Waals surface area (Å²) in [6, 6.07) is 0. The molecule has 0 aliphatic heterocycles. The fraction of sp³-hybridized carbons (Fsp3) is 0.929. The van der Waals surface area contributed by atoms with E-state index in [4.69, 9.17) is 0 Å². The Balaban J connectivity index is 2.00. The zero-order valence-corrected chi connectivity index (χ0v) is 31.0. The first-order valence-electron chi connectivity index (χ1n) is 20.9. The van der Waals surface area contributed by atoms with E-state index in [1.54, 1.807) is 5.82 Å². The highest BCUT2D eigenvalue weighted by molar-refractivity contribution is 4.84. The zero-order valence-electron chi connectivity index (χ0n) is 31.0. The van der Waals surface area contributed by atoms with Gasteiger partial charge in [0.25, 0.3) is 5.82 Å². The highest BCUT2D eigenvalue weighted by Gasteiger charge is 2.16. The van der Waals surface area contributed by atoms with E-state index in [1.807, 2.05) is 0 Å². The van der Waals surface area contributed by atoms with Crippen molar-refractivity contribution < 1.29 is 4.57 Å². The van der Waals surface area contributed by atoms with Crippen molar-refractivity contribution in [1.29, 1.82) is 0 Å². The van der Waals surface area contributed by atoms with Crippen LogP contribution in [0.25, 0.3) is 0 Å². The van der Waals surface area contributed by atoms with Crippen molar-refractivity contribution in [3.05, 3.63) is 18.2 Å². The highest BCUT2D eigenvalue weighted by atomic mass is 15.1. The minimum absolute atomic E-state index is 1.18. The lowest BCUT2D eigenvalue weighted by molar-refractivity contribution is -0.703. The van der Waals surface area contributed by atoms with Gasteiger partial charge in [-0.15, -0.1) is 0 Å². The van der Waals surface area contributed by atoms with E-state index in [9.17, 15) is 0 Å². The van der Waals surface area contributed by atoms with E-state index in [1.165, 1.54) is 231 Å². The smallest absolute Gasteiger partial charge is 0.234 e. The number of aromatic nitrogens is 2. The van der Waals surface area contributed by atoms with Crippen LogP contribution in [0.4, 0.5) is 0 Å². The molecule has 0 aliphatic rings. The maximum absolute atomic E-state index is 2.60. The largest absolute Gasteiger partial charge is 0.256 e. The molecule has 0 saturated carbocycles. The van der Waals surface area contributed by atoms with Gasteiger partial charge in [0.15, 0.2) is 0 Å². The molecule has 2 heteroatoms. The number of unbranched alkanes of at least 4 members (excludes halogenated alkanes) is 30. The second kappa shape index (κ2) is 33.6. The van der Waals surface area contributed by atoms with E-state index >= 15 is 0 Å². The van der Waals surface area contributed by atoms with E-state index in [0.717, 1.165) is 0 Å². The van der Waals surface area contributed by atoms with Crippen LogP contribution in [0.5, 0.6) is 0 Å². The van der Waals surface area contributed by atoms with Gasteiger partial charge in [-0.25, -0.2) is 9.13 Å². The molecule has 0 amide bonds. The molecule has 260 valence electrons. The molecule has 1 heterocycles. The van der Waals surface area contributed by atoms with Crippen molar-refractivity contribution in [2.45, 2.75) is 252 Å². The second-order valence-corrected chi connectivity index (χ2v) is 14.5. The number of nitrogens with zero attached hydrogens (tertiary/aromatic N) is 2. The Morgan fingerprint density at radius 2 is 0.705 bits per heavy atom. The first kappa shape index (κ1) is 41.2. The van der Waals surface area contributed by atoms with Crippen LogP contribution in [0, 0.1) is 0 Å². The van der Waals surface area contributed by atoms with Gasteiger partial charge < -0.3 is 0 Å². The molecule has 0 fully saturated rings. The van der Waals surface area contributed by atoms with Crippen molar-refractivity contribution in [3.63, 3.8) is 0 Å². The van der Waals surface area contributed by atoms with E-state index in [2.05, 4.69) is 42.3 Å². The van der Waals surface area contributed by atoms with Gasteiger partial charge in [0.1, 0.15) is 12.4 Å². The van der Waals surface area contributed by atoms with Crippen LogP contribution in [0.1, 0.15) is 238 Å². The van der Waals surface area contributed by atoms with E-state index in [0.29, 0.717) is 0 Å². The normalized spacial score (nSPS) is 11.6. The van der Waals surface area contributed by atoms with Gasteiger partial charge in [-0.2, -0.15) is 0 Å². The number of aryl methyl sites for hydroxylation is 2. The molecular weight excluding hydrogens is 532 g/mol. The number of imidazole rings is 1. The SMILES string of the molecule is CCCCCCCCCCCCCCCCCCc1n(CCCCCCCCCCCCCCCCCC)cc[n+]1CCC. The predicted octanol–water partition coefficient (Wildman–Crippen LogP) is 14.3. The molecule has 44 heavy (non-hydrogen) atoms. The van der Waals surface area contributed by atoms with E-state index < -0.39 is 0 Å². The summed E-state index contributed by atoms with van der Waals surface area (Å²) in [4.78, 5) is 0. The molecule has 2 nitrogen and oxygen atoms in total. The van der Waals surface area contributed by atoms with Gasteiger partial charge in [0.05, 0.1) is 13.1 Å². The zero-order chi connectivity index (χ0) is 31.6. The first-order valence-corrected chi connectivity index (χ1v) is 20.9. The van der Waals surface area contributed by atoms with E-state index in [-0.39, 0.29) is 0 Å². The summed E-state index contributed by atoms with van der Waals surface area (Å²) in [6.45, 7) is 9.34. The molecule has 0 saturated heterocycles. The third-order valence-corrected chi connectivity index (χ3v) is 10.1. The van der Waals surface area contributed by atoms with Gasteiger partial charge in [-0.3, -0.25) is 0 Å². The summed E-state index contributed by atoms with van der Waals surface area (Å²) in [6.07, 6.45) is 53.6. The van der Waals surface area contributed by atoms with Crippen molar-refractivity contribution in [2.75, 3.05) is 0 Å². The Morgan fingerprint density at radius 1 is 0.386 bits per heavy atom. The molecule has 0 bridgehead atoms. The Kier molecular flexibility index (Phi) is 31.5. The lowest BCUT2D eigenvalue weighted by Crippen LogP contribution is -2.37. The molecule has 0 N–H and O–H groups in total. The maximum Gasteiger partial charge on any atom is 0.256 e. The fourth-order valence-electron chi connectivity index (χ4n) is 7.09. The third kappa shape index (κ3) is 25.4. The molecular formula is C42H83N2+. The number of hydrogen-bond donors (Lipinski definition) is 0. The van der Waals surface area contributed by atoms with Gasteiger partial charge in [-0.05, 0) is 25.7 Å². The second-order valence-electron chi connectivity index (χ2n) is 14.5. The summed E-state index contributed by atoms with van der Waals surface area (Å²) >= 11 is 0. The Labute approximate surface area is 279 Å². The van der Waals surface area contributed by atoms with Crippen LogP contribution < -0.4 is 4.57 Å². The summed E-state index contributed by atoms with van der Waals surface area (Å²) in [5.41, 5.74) is 0. The highest BCUT2D eigenvalue weighted by Crippen LogP contribution is 2.16. The quantitative estimate of drug-likeness (QED) is 0.0524. The van der Waals surface area contributed by atoms with Gasteiger partial charge >= 0.3 is 0 Å². The predicted molar refractivity (Wildman–Crippen MR) is 198 cm³/mol. The molecule has 0 atom stereocenters. The third-order valence-electron chi connectivity index (χ3n) is 10.1. The Bertz CT molecular complexity index is 677. The fourth-order valence-corrected chi connectivity index (χ4v) is 7.09. The summed E-state index contributed by atoms with van der Waals surface area (Å²) < 4.78 is 5.16. The Morgan fingerprint density at radius 3 is 1.05 bits per heavy atom. The molecule has 0 aromatic carbocycles. The molecule has 1 rings (SSSR count). The van der Waals surface area contributed by atoms with Crippen LogP contribution in [0.3, 0.4) is 0 Å². The molecule has 1 aromatic rings. The average Bonchev–Trinajstić information content (AvgIpc) is 3.41. The average molecular weight is 616 g/mol. The standard InChI is InChI=1S/C42H83N2/c1-4-7-9-11-13-15-17-19-21-23-25-27-29-31-33-35-37-42-43(38-6-3)40-41-44(42)39-36-34-32-30-28-26-24-22-20-18-16-14-12-10-8-5-2/h40-41H,4-39H2,1-3H3/q+1. The molecule has 0 spiro atoms. The van der Waals surface area contributed by atoms with Gasteiger partial charge in [0, 0.05) is 6.42 Å². The molecule has 0 aliphatic carbocycles. The van der Waals surface area contributed by atoms with Crippen LogP contribution in [0.15, 0.2) is 12.4 Å². The maximum atomic E-state index is 2.60. The van der Waals surface area contributed by atoms with Crippen LogP contribution in [-0.2, 0) is 19.5 Å². The van der Waals surface area contributed by atoms with Crippen LogP contribution in [-0.4, -0.2) is 4.57 Å². The monoisotopic (exact) mass is 616 g/mol. The lowest BCUT2D eigenvalue weighted by Gasteiger charge is -2.06. The van der Waals surface area contributed by atoms with Crippen molar-refractivity contribution in [1.82, 2.24) is 4.57 Å². The number of rotatable bonds is 36. The lowest BCUT2D eigenvalue weighted by atomic mass is 10.0. The first-order chi connectivity index (χ1) is 21.8. The minimum Gasteiger partial charge on any atom is -0.234 e. The van der Waals surface area contributed by atoms with Crippen LogP contribution >= 0.6 is 0 Å². The summed E-state index contributed by atoms with van der Waals surface area (Å²) in [5, 5.41) is 0. The Hall–Kier alpha value is -0.790.